The molecule has 2 atom stereocenters. The monoisotopic (exact) mass is 225 g/mol. The average molecular weight is 226 g/mol. The highest BCUT2D eigenvalue weighted by atomic mass is 79.9. The number of hydrogen-bond acceptors (Lipinski definition) is 1. The fraction of sp³-hybridized carbons (Fsp3) is 0.500. The summed E-state index contributed by atoms with van der Waals surface area (Å²) in [5.41, 5.74) is 1.86. The molecule has 0 N–H and O–H groups in total. The van der Waals surface area contributed by atoms with Crippen LogP contribution < -0.4 is 0 Å². The molecule has 12 heavy (non-hydrogen) atoms. The van der Waals surface area contributed by atoms with Crippen molar-refractivity contribution in [3.63, 3.8) is 0 Å². The van der Waals surface area contributed by atoms with Gasteiger partial charge in [-0.2, -0.15) is 0 Å². The van der Waals surface area contributed by atoms with Gasteiger partial charge in [-0.25, -0.2) is 0 Å². The molecule has 2 rings (SSSR count). The molecular weight excluding hydrogens is 214 g/mol. The summed E-state index contributed by atoms with van der Waals surface area (Å²) in [5, 5.41) is 1.12. The van der Waals surface area contributed by atoms with Crippen LogP contribution >= 0.6 is 15.9 Å². The molecule has 1 saturated carbocycles. The lowest BCUT2D eigenvalue weighted by molar-refractivity contribution is 0.708. The molecule has 1 fully saturated rings. The maximum atomic E-state index is 4.03. The van der Waals surface area contributed by atoms with Gasteiger partial charge < -0.3 is 0 Å². The summed E-state index contributed by atoms with van der Waals surface area (Å²) >= 11 is 3.53. The van der Waals surface area contributed by atoms with E-state index in [9.17, 15) is 0 Å². The Kier molecular flexibility index (Phi) is 1.95. The first-order chi connectivity index (χ1) is 5.77. The van der Waals surface area contributed by atoms with Gasteiger partial charge in [0.05, 0.1) is 0 Å². The standard InChI is InChI=1S/C10H12BrN/c1-10(6-9(10)7-11)8-2-4-12-5-3-8/h2-5,9H,6-7H2,1H3. The van der Waals surface area contributed by atoms with E-state index in [1.54, 1.807) is 0 Å². The van der Waals surface area contributed by atoms with Crippen LogP contribution in [0.4, 0.5) is 0 Å². The van der Waals surface area contributed by atoms with Crippen LogP contribution in [0.25, 0.3) is 0 Å². The van der Waals surface area contributed by atoms with Gasteiger partial charge in [-0.3, -0.25) is 4.98 Å². The molecule has 1 aliphatic rings. The molecule has 2 unspecified atom stereocenters. The first-order valence-corrected chi connectivity index (χ1v) is 5.36. The van der Waals surface area contributed by atoms with Gasteiger partial charge in [0.25, 0.3) is 0 Å². The average Bonchev–Trinajstić information content (AvgIpc) is 2.81. The van der Waals surface area contributed by atoms with Crippen LogP contribution in [-0.2, 0) is 5.41 Å². The van der Waals surface area contributed by atoms with E-state index in [2.05, 4.69) is 40.0 Å². The topological polar surface area (TPSA) is 12.9 Å². The lowest BCUT2D eigenvalue weighted by Gasteiger charge is -2.09. The van der Waals surface area contributed by atoms with Crippen LogP contribution in [0.15, 0.2) is 24.5 Å². The Morgan fingerprint density at radius 2 is 2.25 bits per heavy atom. The fourth-order valence-corrected chi connectivity index (χ4v) is 2.71. The Bertz CT molecular complexity index is 272. The van der Waals surface area contributed by atoms with Crippen molar-refractivity contribution in [2.75, 3.05) is 5.33 Å². The summed E-state index contributed by atoms with van der Waals surface area (Å²) in [4.78, 5) is 4.03. The van der Waals surface area contributed by atoms with E-state index < -0.39 is 0 Å². The highest BCUT2D eigenvalue weighted by molar-refractivity contribution is 9.09. The van der Waals surface area contributed by atoms with E-state index in [-0.39, 0.29) is 0 Å². The van der Waals surface area contributed by atoms with E-state index in [0.717, 1.165) is 11.2 Å². The van der Waals surface area contributed by atoms with Crippen LogP contribution in [0.2, 0.25) is 0 Å². The molecule has 1 aromatic rings. The molecule has 2 heteroatoms. The Hall–Kier alpha value is -0.370. The molecule has 0 bridgehead atoms. The summed E-state index contributed by atoms with van der Waals surface area (Å²) in [6.45, 7) is 2.33. The Labute approximate surface area is 81.3 Å². The highest BCUT2D eigenvalue weighted by Gasteiger charge is 2.50. The van der Waals surface area contributed by atoms with E-state index in [4.69, 9.17) is 0 Å². The third-order valence-electron chi connectivity index (χ3n) is 2.94. The van der Waals surface area contributed by atoms with Crippen LogP contribution in [0.5, 0.6) is 0 Å². The van der Waals surface area contributed by atoms with E-state index >= 15 is 0 Å². The van der Waals surface area contributed by atoms with Crippen molar-refractivity contribution in [1.29, 1.82) is 0 Å². The minimum absolute atomic E-state index is 0.423. The van der Waals surface area contributed by atoms with Crippen molar-refractivity contribution < 1.29 is 0 Å². The molecule has 0 saturated heterocycles. The normalized spacial score (nSPS) is 33.3. The number of rotatable bonds is 2. The minimum atomic E-state index is 0.423. The zero-order valence-corrected chi connectivity index (χ0v) is 8.71. The molecule has 0 aromatic carbocycles. The molecule has 1 aliphatic carbocycles. The summed E-state index contributed by atoms with van der Waals surface area (Å²) in [6, 6.07) is 4.26. The molecule has 1 aromatic heterocycles. The zero-order valence-electron chi connectivity index (χ0n) is 7.13. The number of halogens is 1. The molecular formula is C10H12BrN. The molecule has 1 heterocycles. The summed E-state index contributed by atoms with van der Waals surface area (Å²) < 4.78 is 0. The van der Waals surface area contributed by atoms with Crippen LogP contribution in [-0.4, -0.2) is 10.3 Å². The van der Waals surface area contributed by atoms with Gasteiger partial charge in [0.2, 0.25) is 0 Å². The first-order valence-electron chi connectivity index (χ1n) is 4.24. The maximum absolute atomic E-state index is 4.03. The Morgan fingerprint density at radius 1 is 1.58 bits per heavy atom. The van der Waals surface area contributed by atoms with Crippen molar-refractivity contribution in [2.45, 2.75) is 18.8 Å². The SMILES string of the molecule is CC1(c2ccncc2)CC1CBr. The Balaban J connectivity index is 2.23. The molecule has 0 amide bonds. The smallest absolute Gasteiger partial charge is 0.0270 e. The second-order valence-corrected chi connectivity index (χ2v) is 4.36. The number of alkyl halides is 1. The van der Waals surface area contributed by atoms with E-state index in [1.165, 1.54) is 12.0 Å². The van der Waals surface area contributed by atoms with Crippen molar-refractivity contribution in [1.82, 2.24) is 4.98 Å². The summed E-state index contributed by atoms with van der Waals surface area (Å²) in [7, 11) is 0. The number of aromatic nitrogens is 1. The predicted molar refractivity (Wildman–Crippen MR) is 53.5 cm³/mol. The van der Waals surface area contributed by atoms with E-state index in [1.807, 2.05) is 12.4 Å². The van der Waals surface area contributed by atoms with Crippen LogP contribution in [0, 0.1) is 5.92 Å². The van der Waals surface area contributed by atoms with Gasteiger partial charge in [-0.15, -0.1) is 0 Å². The maximum Gasteiger partial charge on any atom is 0.0270 e. The van der Waals surface area contributed by atoms with Gasteiger partial charge in [0, 0.05) is 17.7 Å². The number of pyridine rings is 1. The lowest BCUT2D eigenvalue weighted by Crippen LogP contribution is -2.04. The largest absolute Gasteiger partial charge is 0.265 e. The molecule has 0 radical (unpaired) electrons. The molecule has 0 spiro atoms. The third-order valence-corrected chi connectivity index (χ3v) is 3.72. The van der Waals surface area contributed by atoms with Gasteiger partial charge in [0.15, 0.2) is 0 Å². The van der Waals surface area contributed by atoms with Gasteiger partial charge in [-0.05, 0) is 35.4 Å². The molecule has 1 nitrogen and oxygen atoms in total. The first kappa shape index (κ1) is 8.24. The second-order valence-electron chi connectivity index (χ2n) is 3.71. The summed E-state index contributed by atoms with van der Waals surface area (Å²) in [5.74, 6) is 0.819. The molecule has 64 valence electrons. The number of hydrogen-bond donors (Lipinski definition) is 0. The Morgan fingerprint density at radius 3 is 2.75 bits per heavy atom. The quantitative estimate of drug-likeness (QED) is 0.706. The number of nitrogens with zero attached hydrogens (tertiary/aromatic N) is 1. The van der Waals surface area contributed by atoms with Gasteiger partial charge >= 0.3 is 0 Å². The van der Waals surface area contributed by atoms with Crippen molar-refractivity contribution in [3.05, 3.63) is 30.1 Å². The molecule has 0 aliphatic heterocycles. The zero-order chi connectivity index (χ0) is 8.60. The van der Waals surface area contributed by atoms with Crippen molar-refractivity contribution in [3.8, 4) is 0 Å². The minimum Gasteiger partial charge on any atom is -0.265 e. The summed E-state index contributed by atoms with van der Waals surface area (Å²) in [6.07, 6.45) is 5.07. The van der Waals surface area contributed by atoms with E-state index in [0.29, 0.717) is 5.41 Å². The highest BCUT2D eigenvalue weighted by Crippen LogP contribution is 2.54. The van der Waals surface area contributed by atoms with Crippen molar-refractivity contribution >= 4 is 15.9 Å². The van der Waals surface area contributed by atoms with Gasteiger partial charge in [-0.1, -0.05) is 22.9 Å². The van der Waals surface area contributed by atoms with Crippen LogP contribution in [0.1, 0.15) is 18.9 Å². The predicted octanol–water partition coefficient (Wildman–Crippen LogP) is 2.75. The fourth-order valence-electron chi connectivity index (χ4n) is 1.76. The van der Waals surface area contributed by atoms with Crippen LogP contribution in [0.3, 0.4) is 0 Å². The van der Waals surface area contributed by atoms with Gasteiger partial charge in [0.1, 0.15) is 0 Å². The third kappa shape index (κ3) is 1.18. The van der Waals surface area contributed by atoms with Crippen molar-refractivity contribution in [2.24, 2.45) is 5.92 Å². The second kappa shape index (κ2) is 2.84. The lowest BCUT2D eigenvalue weighted by atomic mass is 9.97.